The first kappa shape index (κ1) is 16.0. The lowest BCUT2D eigenvalue weighted by molar-refractivity contribution is 0.0600. The van der Waals surface area contributed by atoms with Crippen LogP contribution in [0.5, 0.6) is 0 Å². The fourth-order valence-corrected chi connectivity index (χ4v) is 3.08. The summed E-state index contributed by atoms with van der Waals surface area (Å²) in [6, 6.07) is 15.5. The average Bonchev–Trinajstić information content (AvgIpc) is 2.68. The van der Waals surface area contributed by atoms with Crippen molar-refractivity contribution in [1.82, 2.24) is 9.97 Å². The molecule has 0 fully saturated rings. The number of benzene rings is 2. The molecule has 0 spiro atoms. The molecule has 0 aliphatic carbocycles. The first-order valence-corrected chi connectivity index (χ1v) is 8.26. The van der Waals surface area contributed by atoms with E-state index in [2.05, 4.69) is 10.3 Å². The number of ether oxygens (including phenoxy) is 1. The molecule has 0 amide bonds. The number of fused-ring (bicyclic) bond motifs is 3. The molecule has 0 saturated heterocycles. The van der Waals surface area contributed by atoms with Crippen LogP contribution in [0, 0.1) is 6.92 Å². The van der Waals surface area contributed by atoms with E-state index in [9.17, 15) is 4.79 Å². The maximum absolute atomic E-state index is 12.0. The standard InChI is InChI=1S/C21H17N3O2/c1-13-10-17-18-12-22-9-8-15(18)20(23-14-6-4-3-5-7-14)24-19(17)11-16(13)21(25)26-2/h3-12H,1-2H3,(H,23,24). The first-order valence-electron chi connectivity index (χ1n) is 8.26. The van der Waals surface area contributed by atoms with Gasteiger partial charge in [-0.3, -0.25) is 4.98 Å². The van der Waals surface area contributed by atoms with Gasteiger partial charge in [-0.2, -0.15) is 0 Å². The second-order valence-corrected chi connectivity index (χ2v) is 6.05. The molecule has 5 nitrogen and oxygen atoms in total. The minimum absolute atomic E-state index is 0.366. The first-order chi connectivity index (χ1) is 12.7. The van der Waals surface area contributed by atoms with E-state index in [4.69, 9.17) is 9.72 Å². The van der Waals surface area contributed by atoms with Crippen molar-refractivity contribution in [3.63, 3.8) is 0 Å². The molecule has 0 aliphatic rings. The van der Waals surface area contributed by atoms with Crippen molar-refractivity contribution in [2.75, 3.05) is 12.4 Å². The van der Waals surface area contributed by atoms with Gasteiger partial charge in [0.25, 0.3) is 0 Å². The van der Waals surface area contributed by atoms with Crippen molar-refractivity contribution in [1.29, 1.82) is 0 Å². The molecule has 0 saturated carbocycles. The molecular formula is C21H17N3O2. The lowest BCUT2D eigenvalue weighted by Crippen LogP contribution is -2.04. The monoisotopic (exact) mass is 343 g/mol. The van der Waals surface area contributed by atoms with Gasteiger partial charge in [0.15, 0.2) is 0 Å². The highest BCUT2D eigenvalue weighted by Crippen LogP contribution is 2.32. The topological polar surface area (TPSA) is 64.1 Å². The van der Waals surface area contributed by atoms with E-state index >= 15 is 0 Å². The summed E-state index contributed by atoms with van der Waals surface area (Å²) in [6.07, 6.45) is 3.58. The summed E-state index contributed by atoms with van der Waals surface area (Å²) < 4.78 is 4.88. The predicted octanol–water partition coefficient (Wildman–Crippen LogP) is 4.62. The SMILES string of the molecule is COC(=O)c1cc2nc(Nc3ccccc3)c3ccncc3c2cc1C. The minimum Gasteiger partial charge on any atom is -0.465 e. The van der Waals surface area contributed by atoms with Crippen LogP contribution in [-0.2, 0) is 4.74 Å². The van der Waals surface area contributed by atoms with Crippen LogP contribution in [0.25, 0.3) is 21.7 Å². The van der Waals surface area contributed by atoms with Gasteiger partial charge < -0.3 is 10.1 Å². The molecule has 0 atom stereocenters. The molecule has 0 aliphatic heterocycles. The summed E-state index contributed by atoms with van der Waals surface area (Å²) in [5.41, 5.74) is 3.02. The van der Waals surface area contributed by atoms with Crippen molar-refractivity contribution >= 4 is 39.1 Å². The number of carbonyl (C=O) groups is 1. The molecule has 5 heteroatoms. The van der Waals surface area contributed by atoms with E-state index in [0.29, 0.717) is 5.56 Å². The van der Waals surface area contributed by atoms with Crippen LogP contribution >= 0.6 is 0 Å². The molecule has 26 heavy (non-hydrogen) atoms. The van der Waals surface area contributed by atoms with Crippen LogP contribution in [0.1, 0.15) is 15.9 Å². The lowest BCUT2D eigenvalue weighted by atomic mass is 10.0. The largest absolute Gasteiger partial charge is 0.465 e. The number of aromatic nitrogens is 2. The second-order valence-electron chi connectivity index (χ2n) is 6.05. The normalized spacial score (nSPS) is 10.8. The summed E-state index contributed by atoms with van der Waals surface area (Å²) in [4.78, 5) is 21.1. The molecular weight excluding hydrogens is 326 g/mol. The Kier molecular flexibility index (Phi) is 3.97. The Bertz CT molecular complexity index is 1120. The summed E-state index contributed by atoms with van der Waals surface area (Å²) in [5.74, 6) is 0.357. The molecule has 4 rings (SSSR count). The van der Waals surface area contributed by atoms with E-state index in [1.165, 1.54) is 7.11 Å². The molecule has 128 valence electrons. The van der Waals surface area contributed by atoms with Gasteiger partial charge in [-0.15, -0.1) is 0 Å². The Morgan fingerprint density at radius 3 is 2.62 bits per heavy atom. The number of carbonyl (C=O) groups excluding carboxylic acids is 1. The zero-order valence-electron chi connectivity index (χ0n) is 14.5. The fraction of sp³-hybridized carbons (Fsp3) is 0.0952. The van der Waals surface area contributed by atoms with Crippen molar-refractivity contribution in [3.05, 3.63) is 72.1 Å². The Labute approximate surface area is 150 Å². The van der Waals surface area contributed by atoms with Crippen LogP contribution in [-0.4, -0.2) is 23.0 Å². The lowest BCUT2D eigenvalue weighted by Gasteiger charge is -2.13. The molecule has 2 heterocycles. The van der Waals surface area contributed by atoms with Gasteiger partial charge >= 0.3 is 5.97 Å². The highest BCUT2D eigenvalue weighted by molar-refractivity contribution is 6.11. The third-order valence-corrected chi connectivity index (χ3v) is 4.38. The predicted molar refractivity (Wildman–Crippen MR) is 103 cm³/mol. The zero-order valence-corrected chi connectivity index (χ0v) is 14.5. The maximum atomic E-state index is 12.0. The molecule has 4 aromatic rings. The summed E-state index contributed by atoms with van der Waals surface area (Å²) in [7, 11) is 1.38. The van der Waals surface area contributed by atoms with Crippen molar-refractivity contribution < 1.29 is 9.53 Å². The molecule has 2 aromatic carbocycles. The number of hydrogen-bond donors (Lipinski definition) is 1. The molecule has 0 bridgehead atoms. The highest BCUT2D eigenvalue weighted by Gasteiger charge is 2.15. The second kappa shape index (κ2) is 6.44. The number of anilines is 2. The third kappa shape index (κ3) is 2.73. The highest BCUT2D eigenvalue weighted by atomic mass is 16.5. The van der Waals surface area contributed by atoms with Crippen molar-refractivity contribution in [3.8, 4) is 0 Å². The number of methoxy groups -OCH3 is 1. The number of pyridine rings is 2. The van der Waals surface area contributed by atoms with Crippen LogP contribution in [0.2, 0.25) is 0 Å². The van der Waals surface area contributed by atoms with Gasteiger partial charge in [-0.1, -0.05) is 18.2 Å². The molecule has 0 radical (unpaired) electrons. The minimum atomic E-state index is -0.366. The number of rotatable bonds is 3. The average molecular weight is 343 g/mol. The van der Waals surface area contributed by atoms with Crippen LogP contribution in [0.4, 0.5) is 11.5 Å². The Morgan fingerprint density at radius 1 is 1.04 bits per heavy atom. The fourth-order valence-electron chi connectivity index (χ4n) is 3.08. The number of aryl methyl sites for hydroxylation is 1. The molecule has 2 aromatic heterocycles. The van der Waals surface area contributed by atoms with Gasteiger partial charge in [-0.05, 0) is 42.8 Å². The summed E-state index contributed by atoms with van der Waals surface area (Å²) in [6.45, 7) is 1.89. The van der Waals surface area contributed by atoms with Crippen LogP contribution in [0.15, 0.2) is 60.9 Å². The van der Waals surface area contributed by atoms with Crippen molar-refractivity contribution in [2.24, 2.45) is 0 Å². The summed E-state index contributed by atoms with van der Waals surface area (Å²) >= 11 is 0. The third-order valence-electron chi connectivity index (χ3n) is 4.38. The zero-order chi connectivity index (χ0) is 18.1. The number of nitrogens with zero attached hydrogens (tertiary/aromatic N) is 2. The molecule has 0 unspecified atom stereocenters. The van der Waals surface area contributed by atoms with E-state index in [0.717, 1.165) is 38.7 Å². The van der Waals surface area contributed by atoms with Gasteiger partial charge in [0, 0.05) is 34.2 Å². The van der Waals surface area contributed by atoms with E-state index in [-0.39, 0.29) is 5.97 Å². The summed E-state index contributed by atoms with van der Waals surface area (Å²) in [5, 5.41) is 6.27. The van der Waals surface area contributed by atoms with Crippen LogP contribution in [0.3, 0.4) is 0 Å². The number of nitrogens with one attached hydrogen (secondary N) is 1. The van der Waals surface area contributed by atoms with Gasteiger partial charge in [0.05, 0.1) is 18.2 Å². The van der Waals surface area contributed by atoms with E-state index in [1.807, 2.05) is 55.6 Å². The van der Waals surface area contributed by atoms with Gasteiger partial charge in [0.2, 0.25) is 0 Å². The maximum Gasteiger partial charge on any atom is 0.338 e. The number of hydrogen-bond acceptors (Lipinski definition) is 5. The van der Waals surface area contributed by atoms with Gasteiger partial charge in [-0.25, -0.2) is 9.78 Å². The van der Waals surface area contributed by atoms with Gasteiger partial charge in [0.1, 0.15) is 5.82 Å². The number of para-hydroxylation sites is 1. The van der Waals surface area contributed by atoms with E-state index < -0.39 is 0 Å². The molecule has 1 N–H and O–H groups in total. The number of esters is 1. The Balaban J connectivity index is 1.98. The Hall–Kier alpha value is -3.47. The van der Waals surface area contributed by atoms with E-state index in [1.54, 1.807) is 12.3 Å². The quantitative estimate of drug-likeness (QED) is 0.434. The Morgan fingerprint density at radius 2 is 1.85 bits per heavy atom. The van der Waals surface area contributed by atoms with Crippen LogP contribution < -0.4 is 5.32 Å². The van der Waals surface area contributed by atoms with Crippen molar-refractivity contribution in [2.45, 2.75) is 6.92 Å². The smallest absolute Gasteiger partial charge is 0.338 e.